The van der Waals surface area contributed by atoms with Crippen LogP contribution in [0.1, 0.15) is 25.2 Å². The average Bonchev–Trinajstić information content (AvgIpc) is 2.45. The second-order valence-electron chi connectivity index (χ2n) is 5.80. The van der Waals surface area contributed by atoms with Crippen molar-refractivity contribution < 1.29 is 14.9 Å². The predicted octanol–water partition coefficient (Wildman–Crippen LogP) is 0.841. The molecule has 1 aromatic heterocycles. The van der Waals surface area contributed by atoms with Gasteiger partial charge in [0, 0.05) is 37.9 Å². The maximum absolute atomic E-state index is 11.9. The Morgan fingerprint density at radius 3 is 2.59 bits per heavy atom. The third-order valence-corrected chi connectivity index (χ3v) is 3.82. The fourth-order valence-corrected chi connectivity index (χ4v) is 3.01. The number of hydrogen-bond acceptors (Lipinski definition) is 5. The number of ether oxygens (including phenoxy) is 1. The molecule has 0 radical (unpaired) electrons. The average molecular weight is 308 g/mol. The van der Waals surface area contributed by atoms with Gasteiger partial charge in [-0.1, -0.05) is 6.08 Å². The van der Waals surface area contributed by atoms with Gasteiger partial charge in [0.05, 0.1) is 24.5 Å². The van der Waals surface area contributed by atoms with Gasteiger partial charge in [-0.25, -0.2) is 0 Å². The number of aromatic hydroxyl groups is 1. The summed E-state index contributed by atoms with van der Waals surface area (Å²) in [6.45, 7) is 9.77. The Balaban J connectivity index is 2.37. The van der Waals surface area contributed by atoms with Crippen LogP contribution in [-0.2, 0) is 24.4 Å². The Hall–Kier alpha value is -1.63. The number of morpholine rings is 1. The number of hydrogen-bond donors (Lipinski definition) is 2. The summed E-state index contributed by atoms with van der Waals surface area (Å²) < 4.78 is 7.45. The van der Waals surface area contributed by atoms with Crippen LogP contribution in [0, 0.1) is 0 Å². The van der Waals surface area contributed by atoms with E-state index in [2.05, 4.69) is 11.5 Å². The molecule has 0 amide bonds. The summed E-state index contributed by atoms with van der Waals surface area (Å²) in [5, 5.41) is 19.6. The van der Waals surface area contributed by atoms with Crippen LogP contribution in [0.15, 0.2) is 23.5 Å². The first-order chi connectivity index (χ1) is 10.5. The zero-order chi connectivity index (χ0) is 16.3. The monoisotopic (exact) mass is 308 g/mol. The van der Waals surface area contributed by atoms with Gasteiger partial charge in [-0.15, -0.1) is 6.58 Å². The molecular formula is C16H24N2O4. The third kappa shape index (κ3) is 3.58. The summed E-state index contributed by atoms with van der Waals surface area (Å²) in [4.78, 5) is 14.0. The summed E-state index contributed by atoms with van der Waals surface area (Å²) in [7, 11) is 0. The molecule has 0 aromatic carbocycles. The lowest BCUT2D eigenvalue weighted by Gasteiger charge is -2.36. The lowest BCUT2D eigenvalue weighted by atomic mass is 10.2. The highest BCUT2D eigenvalue weighted by Crippen LogP contribution is 2.20. The van der Waals surface area contributed by atoms with Gasteiger partial charge in [0.25, 0.3) is 0 Å². The van der Waals surface area contributed by atoms with E-state index in [-0.39, 0.29) is 24.6 Å². The van der Waals surface area contributed by atoms with Crippen molar-refractivity contribution in [2.24, 2.45) is 0 Å². The van der Waals surface area contributed by atoms with Crippen molar-refractivity contribution in [2.45, 2.75) is 45.8 Å². The van der Waals surface area contributed by atoms with E-state index in [1.54, 1.807) is 10.6 Å². The largest absolute Gasteiger partial charge is 0.503 e. The zero-order valence-corrected chi connectivity index (χ0v) is 13.2. The van der Waals surface area contributed by atoms with Gasteiger partial charge in [0.2, 0.25) is 5.43 Å². The van der Waals surface area contributed by atoms with Crippen molar-refractivity contribution in [2.75, 3.05) is 13.1 Å². The Bertz CT molecular complexity index is 587. The second kappa shape index (κ2) is 7.09. The molecule has 0 aliphatic carbocycles. The molecule has 122 valence electrons. The molecule has 1 aliphatic heterocycles. The molecule has 0 spiro atoms. The highest BCUT2D eigenvalue weighted by molar-refractivity contribution is 5.30. The smallest absolute Gasteiger partial charge is 0.223 e. The third-order valence-electron chi connectivity index (χ3n) is 3.82. The van der Waals surface area contributed by atoms with E-state index in [0.29, 0.717) is 24.5 Å². The first-order valence-corrected chi connectivity index (χ1v) is 7.50. The van der Waals surface area contributed by atoms with Crippen molar-refractivity contribution in [3.8, 4) is 5.75 Å². The quantitative estimate of drug-likeness (QED) is 0.789. The molecule has 6 nitrogen and oxygen atoms in total. The van der Waals surface area contributed by atoms with Crippen molar-refractivity contribution >= 4 is 0 Å². The summed E-state index contributed by atoms with van der Waals surface area (Å²) in [5.41, 5.74) is 0.526. The van der Waals surface area contributed by atoms with Crippen molar-refractivity contribution in [1.82, 2.24) is 9.47 Å². The van der Waals surface area contributed by atoms with E-state index in [4.69, 9.17) is 4.74 Å². The molecule has 1 aliphatic rings. The van der Waals surface area contributed by atoms with Crippen LogP contribution in [-0.4, -0.2) is 45.0 Å². The minimum Gasteiger partial charge on any atom is -0.503 e. The number of nitrogens with zero attached hydrogens (tertiary/aromatic N) is 2. The number of pyridine rings is 1. The van der Waals surface area contributed by atoms with Crippen LogP contribution in [0.5, 0.6) is 5.75 Å². The molecule has 2 heterocycles. The normalized spacial score (nSPS) is 22.7. The fourth-order valence-electron chi connectivity index (χ4n) is 3.01. The molecule has 22 heavy (non-hydrogen) atoms. The standard InChI is InChI=1S/C16H24N2O4/c1-4-5-18-13(10-19)6-15(20)16(21)14(18)9-17-7-11(2)22-12(3)8-17/h4,6,11-12,19,21H,1,5,7-10H2,2-3H3. The fraction of sp³-hybridized carbons (Fsp3) is 0.562. The first kappa shape index (κ1) is 16.7. The number of aromatic nitrogens is 1. The molecule has 6 heteroatoms. The molecule has 1 aromatic rings. The molecule has 1 saturated heterocycles. The maximum atomic E-state index is 11.9. The van der Waals surface area contributed by atoms with E-state index < -0.39 is 5.43 Å². The van der Waals surface area contributed by atoms with E-state index in [1.165, 1.54) is 6.07 Å². The van der Waals surface area contributed by atoms with Gasteiger partial charge in [0.1, 0.15) is 0 Å². The van der Waals surface area contributed by atoms with Gasteiger partial charge in [-0.3, -0.25) is 9.69 Å². The lowest BCUT2D eigenvalue weighted by Crippen LogP contribution is -2.45. The van der Waals surface area contributed by atoms with Crippen molar-refractivity contribution in [3.05, 3.63) is 40.3 Å². The highest BCUT2D eigenvalue weighted by atomic mass is 16.5. The van der Waals surface area contributed by atoms with E-state index in [1.807, 2.05) is 13.8 Å². The Labute approximate surface area is 130 Å². The molecule has 0 bridgehead atoms. The SMILES string of the molecule is C=CCn1c(CO)cc(=O)c(O)c1CN1CC(C)OC(C)C1. The van der Waals surface area contributed by atoms with Gasteiger partial charge in [-0.05, 0) is 13.8 Å². The molecule has 2 rings (SSSR count). The van der Waals surface area contributed by atoms with Gasteiger partial charge in [-0.2, -0.15) is 0 Å². The summed E-state index contributed by atoms with van der Waals surface area (Å²) in [5.74, 6) is -0.258. The van der Waals surface area contributed by atoms with E-state index in [9.17, 15) is 15.0 Å². The van der Waals surface area contributed by atoms with Crippen LogP contribution in [0.2, 0.25) is 0 Å². The minimum absolute atomic E-state index is 0.103. The summed E-state index contributed by atoms with van der Waals surface area (Å²) >= 11 is 0. The van der Waals surface area contributed by atoms with E-state index >= 15 is 0 Å². The van der Waals surface area contributed by atoms with Gasteiger partial charge >= 0.3 is 0 Å². The molecule has 2 N–H and O–H groups in total. The minimum atomic E-state index is -0.464. The number of rotatable bonds is 5. The number of aliphatic hydroxyl groups excluding tert-OH is 1. The van der Waals surface area contributed by atoms with Gasteiger partial charge < -0.3 is 19.5 Å². The van der Waals surface area contributed by atoms with Crippen molar-refractivity contribution in [1.29, 1.82) is 0 Å². The summed E-state index contributed by atoms with van der Waals surface area (Å²) in [6, 6.07) is 1.27. The van der Waals surface area contributed by atoms with E-state index in [0.717, 1.165) is 13.1 Å². The second-order valence-corrected chi connectivity index (χ2v) is 5.80. The van der Waals surface area contributed by atoms with Crippen LogP contribution in [0.4, 0.5) is 0 Å². The maximum Gasteiger partial charge on any atom is 0.223 e. The Morgan fingerprint density at radius 1 is 1.41 bits per heavy atom. The molecule has 0 saturated carbocycles. The molecule has 1 fully saturated rings. The Morgan fingerprint density at radius 2 is 2.05 bits per heavy atom. The zero-order valence-electron chi connectivity index (χ0n) is 13.2. The first-order valence-electron chi connectivity index (χ1n) is 7.50. The lowest BCUT2D eigenvalue weighted by molar-refractivity contribution is -0.0712. The topological polar surface area (TPSA) is 74.9 Å². The predicted molar refractivity (Wildman–Crippen MR) is 83.8 cm³/mol. The molecule has 2 unspecified atom stereocenters. The van der Waals surface area contributed by atoms with Crippen LogP contribution < -0.4 is 5.43 Å². The summed E-state index contributed by atoms with van der Waals surface area (Å²) in [6.07, 6.45) is 1.88. The van der Waals surface area contributed by atoms with Crippen molar-refractivity contribution in [3.63, 3.8) is 0 Å². The highest BCUT2D eigenvalue weighted by Gasteiger charge is 2.24. The van der Waals surface area contributed by atoms with Crippen LogP contribution in [0.3, 0.4) is 0 Å². The van der Waals surface area contributed by atoms with Crippen LogP contribution in [0.25, 0.3) is 0 Å². The van der Waals surface area contributed by atoms with Gasteiger partial charge in [0.15, 0.2) is 5.75 Å². The molecular weight excluding hydrogens is 284 g/mol. The Kier molecular flexibility index (Phi) is 5.39. The number of aliphatic hydroxyl groups is 1. The van der Waals surface area contributed by atoms with Crippen LogP contribution >= 0.6 is 0 Å². The molecule has 2 atom stereocenters. The number of allylic oxidation sites excluding steroid dienone is 1.